The maximum absolute atomic E-state index is 13.0. The molecule has 1 atom stereocenters. The van der Waals surface area contributed by atoms with Crippen LogP contribution >= 0.6 is 0 Å². The maximum atomic E-state index is 13.0. The fourth-order valence-electron chi connectivity index (χ4n) is 6.34. The van der Waals surface area contributed by atoms with E-state index in [4.69, 9.17) is 22.0 Å². The highest BCUT2D eigenvalue weighted by Crippen LogP contribution is 2.33. The number of hydrogen-bond donors (Lipinski definition) is 9. The average Bonchev–Trinajstić information content (AvgIpc) is 3.27. The van der Waals surface area contributed by atoms with Gasteiger partial charge in [-0.15, -0.1) is 0 Å². The number of anilines is 2. The molecule has 0 bridgehead atoms. The summed E-state index contributed by atoms with van der Waals surface area (Å²) in [4.78, 5) is 72.6. The Morgan fingerprint density at radius 3 is 2.11 bits per heavy atom. The van der Waals surface area contributed by atoms with E-state index in [0.717, 1.165) is 53.7 Å². The van der Waals surface area contributed by atoms with Gasteiger partial charge >= 0.3 is 12.1 Å². The third-order valence-corrected chi connectivity index (χ3v) is 9.57. The van der Waals surface area contributed by atoms with Crippen LogP contribution in [0.1, 0.15) is 108 Å². The van der Waals surface area contributed by atoms with E-state index < -0.39 is 30.0 Å². The monoisotopic (exact) mass is 887 g/mol. The molecule has 1 aliphatic heterocycles. The number of hydrogen-bond acceptors (Lipinski definition) is 11. The topological polar surface area (TPSA) is 265 Å². The van der Waals surface area contributed by atoms with Gasteiger partial charge in [-0.3, -0.25) is 20.2 Å². The Morgan fingerprint density at radius 2 is 1.45 bits per heavy atom. The molecule has 3 aromatic rings. The minimum atomic E-state index is -0.941. The second-order valence-corrected chi connectivity index (χ2v) is 15.6. The molecular weight excluding hydrogens is 817 g/mol. The predicted octanol–water partition coefficient (Wildman–Crippen LogP) is 5.40. The Bertz CT molecular complexity index is 1960. The summed E-state index contributed by atoms with van der Waals surface area (Å²) in [6.07, 6.45) is 5.68. The van der Waals surface area contributed by atoms with E-state index in [1.54, 1.807) is 24.3 Å². The van der Waals surface area contributed by atoms with Crippen molar-refractivity contribution in [1.82, 2.24) is 26.7 Å². The average molecular weight is 887 g/mol. The van der Waals surface area contributed by atoms with Crippen molar-refractivity contribution in [3.63, 3.8) is 0 Å². The number of fused-ring (bicyclic) bond motifs is 2. The highest BCUT2D eigenvalue weighted by atomic mass is 16.5. The molecular formula is C47H70N10O7. The summed E-state index contributed by atoms with van der Waals surface area (Å²) in [5, 5.41) is 13.0. The molecule has 17 nitrogen and oxygen atoms in total. The van der Waals surface area contributed by atoms with Gasteiger partial charge in [0.25, 0.3) is 0 Å². The van der Waals surface area contributed by atoms with Gasteiger partial charge in [-0.05, 0) is 73.8 Å². The normalized spacial score (nSPS) is 13.0. The first-order chi connectivity index (χ1) is 30.7. The molecule has 0 saturated heterocycles. The van der Waals surface area contributed by atoms with Crippen LogP contribution in [0.25, 0.3) is 11.4 Å². The summed E-state index contributed by atoms with van der Waals surface area (Å²) in [6.45, 7) is 9.82. The van der Waals surface area contributed by atoms with Crippen LogP contribution in [-0.2, 0) is 37.1 Å². The van der Waals surface area contributed by atoms with Crippen LogP contribution in [0.3, 0.4) is 0 Å². The van der Waals surface area contributed by atoms with Crippen LogP contribution in [0.4, 0.5) is 21.0 Å². The lowest BCUT2D eigenvalue weighted by atomic mass is 9.97. The van der Waals surface area contributed by atoms with Crippen molar-refractivity contribution in [2.24, 2.45) is 23.2 Å². The lowest BCUT2D eigenvalue weighted by Gasteiger charge is -2.28. The smallest absolute Gasteiger partial charge is 0.407 e. The zero-order valence-electron chi connectivity index (χ0n) is 38.1. The van der Waals surface area contributed by atoms with Crippen molar-refractivity contribution in [3.8, 4) is 0 Å². The predicted molar refractivity (Wildman–Crippen MR) is 253 cm³/mol. The number of para-hydroxylation sites is 1. The van der Waals surface area contributed by atoms with Crippen molar-refractivity contribution in [2.45, 2.75) is 105 Å². The number of rotatable bonds is 21. The van der Waals surface area contributed by atoms with Gasteiger partial charge in [-0.25, -0.2) is 9.59 Å². The summed E-state index contributed by atoms with van der Waals surface area (Å²) in [5.41, 5.74) is 21.2. The fraction of sp³-hybridized carbons (Fsp3) is 0.447. The van der Waals surface area contributed by atoms with Gasteiger partial charge in [-0.2, -0.15) is 0 Å². The Kier molecular flexibility index (Phi) is 25.4. The molecule has 0 radical (unpaired) electrons. The first kappa shape index (κ1) is 53.5. The molecule has 64 heavy (non-hydrogen) atoms. The van der Waals surface area contributed by atoms with Gasteiger partial charge in [-0.1, -0.05) is 88.7 Å². The zero-order chi connectivity index (χ0) is 47.3. The van der Waals surface area contributed by atoms with E-state index in [2.05, 4.69) is 83.8 Å². The van der Waals surface area contributed by atoms with Crippen LogP contribution in [0.15, 0.2) is 72.8 Å². The molecule has 0 fully saturated rings. The molecule has 1 unspecified atom stereocenters. The number of aldehydes is 1. The highest BCUT2D eigenvalue weighted by Gasteiger charge is 2.22. The van der Waals surface area contributed by atoms with Crippen molar-refractivity contribution in [3.05, 3.63) is 95.1 Å². The highest BCUT2D eigenvalue weighted by molar-refractivity contribution is 5.98. The van der Waals surface area contributed by atoms with Gasteiger partial charge in [0.2, 0.25) is 17.7 Å². The standard InChI is InChI=1S/C28H44N6O7.C16H18N4.C3H8/c1-20(2)8-6-16-31-28(40)41-19-21-11-13-22(14-12-21)33-26(38)23(9-7-15-30-27(29)39)34-25(37)18-32-24(36)10-4-3-5-17-35;1-20-10-11-6-2-3-7-12(11)15(17)16(19-18)13-8-4-5-9-14(13)20;1-3-2/h11-14,17,20,23H,3-10,15-16,18-19H2,1-2H3,(H,31,40)(H,32,36)(H,33,38)(H,34,37)(H3,29,30,39);2-9,19H,10,17-18H2,1H3;3H2,1-2H3/b;16-15-;. The lowest BCUT2D eigenvalue weighted by molar-refractivity contribution is -0.128. The molecule has 350 valence electrons. The number of ether oxygens (including phenoxy) is 1. The number of urea groups is 1. The zero-order valence-corrected chi connectivity index (χ0v) is 38.1. The summed E-state index contributed by atoms with van der Waals surface area (Å²) in [7, 11) is 2.07. The number of unbranched alkanes of at least 4 members (excludes halogenated alkanes) is 2. The summed E-state index contributed by atoms with van der Waals surface area (Å²) in [5.74, 6) is 4.93. The van der Waals surface area contributed by atoms with Gasteiger partial charge in [0.15, 0.2) is 0 Å². The van der Waals surface area contributed by atoms with Crippen LogP contribution in [-0.4, -0.2) is 68.9 Å². The van der Waals surface area contributed by atoms with E-state index in [9.17, 15) is 28.8 Å². The number of nitrogens with zero attached hydrogens (tertiary/aromatic N) is 1. The molecule has 0 saturated carbocycles. The Hall–Kier alpha value is -6.62. The molecule has 4 rings (SSSR count). The molecule has 12 N–H and O–H groups in total. The van der Waals surface area contributed by atoms with Crippen molar-refractivity contribution >= 4 is 58.9 Å². The van der Waals surface area contributed by atoms with Crippen LogP contribution in [0.2, 0.25) is 0 Å². The van der Waals surface area contributed by atoms with Crippen LogP contribution in [0, 0.1) is 5.92 Å². The Labute approximate surface area is 378 Å². The van der Waals surface area contributed by atoms with E-state index >= 15 is 0 Å². The number of benzene rings is 3. The number of amides is 6. The number of hydrazine groups is 1. The number of nitrogens with two attached hydrogens (primary N) is 3. The Balaban J connectivity index is 0.000000502. The first-order valence-corrected chi connectivity index (χ1v) is 21.9. The van der Waals surface area contributed by atoms with Crippen molar-refractivity contribution in [2.75, 3.05) is 36.9 Å². The van der Waals surface area contributed by atoms with E-state index in [0.29, 0.717) is 49.5 Å². The second-order valence-electron chi connectivity index (χ2n) is 15.6. The van der Waals surface area contributed by atoms with Gasteiger partial charge in [0, 0.05) is 62.0 Å². The number of primary amides is 1. The van der Waals surface area contributed by atoms with Crippen LogP contribution < -0.4 is 54.2 Å². The van der Waals surface area contributed by atoms with E-state index in [1.165, 1.54) is 12.0 Å². The summed E-state index contributed by atoms with van der Waals surface area (Å²) in [6, 6.07) is 21.3. The van der Waals surface area contributed by atoms with Crippen molar-refractivity contribution < 1.29 is 33.5 Å². The first-order valence-electron chi connectivity index (χ1n) is 21.9. The SMILES string of the molecule is CC(C)CCCNC(=O)OCc1ccc(NC(=O)C(CCCNC(N)=O)NC(=O)CNC(=O)CCCCC=O)cc1.CCC.CN1Cc2ccccc2/C(N)=C(/NN)c2ccccc21. The third-order valence-electron chi connectivity index (χ3n) is 9.57. The van der Waals surface area contributed by atoms with Crippen LogP contribution in [0.5, 0.6) is 0 Å². The molecule has 1 aliphatic rings. The molecule has 0 spiro atoms. The molecule has 0 aromatic heterocycles. The molecule has 1 heterocycles. The number of nitrogens with one attached hydrogen (secondary N) is 6. The summed E-state index contributed by atoms with van der Waals surface area (Å²) < 4.78 is 5.21. The van der Waals surface area contributed by atoms with Gasteiger partial charge in [0.1, 0.15) is 18.9 Å². The fourth-order valence-corrected chi connectivity index (χ4v) is 6.34. The Morgan fingerprint density at radius 1 is 0.812 bits per heavy atom. The largest absolute Gasteiger partial charge is 0.445 e. The minimum Gasteiger partial charge on any atom is -0.445 e. The number of alkyl carbamates (subject to hydrolysis) is 1. The molecule has 6 amide bonds. The second kappa shape index (κ2) is 30.4. The quantitative estimate of drug-likeness (QED) is 0.0283. The lowest BCUT2D eigenvalue weighted by Crippen LogP contribution is -2.47. The van der Waals surface area contributed by atoms with Gasteiger partial charge in [0.05, 0.1) is 17.9 Å². The minimum absolute atomic E-state index is 0.0680. The molecule has 17 heteroatoms. The maximum Gasteiger partial charge on any atom is 0.407 e. The molecule has 0 aliphatic carbocycles. The van der Waals surface area contributed by atoms with Gasteiger partial charge < -0.3 is 57.9 Å². The molecule has 3 aromatic carbocycles. The van der Waals surface area contributed by atoms with E-state index in [1.807, 2.05) is 36.4 Å². The van der Waals surface area contributed by atoms with Crippen molar-refractivity contribution in [1.29, 1.82) is 0 Å². The number of carbonyl (C=O) groups is 6. The van der Waals surface area contributed by atoms with E-state index in [-0.39, 0.29) is 38.4 Å². The third kappa shape index (κ3) is 20.5. The summed E-state index contributed by atoms with van der Waals surface area (Å²) >= 11 is 0. The number of carbonyl (C=O) groups excluding carboxylic acids is 6.